The number of nitrogens with one attached hydrogen (secondary N) is 1. The number of aliphatic hydroxyl groups is 1. The number of halogens is 1. The summed E-state index contributed by atoms with van der Waals surface area (Å²) in [6, 6.07) is 5.96. The van der Waals surface area contributed by atoms with E-state index in [4.69, 9.17) is 21.1 Å². The zero-order valence-electron chi connectivity index (χ0n) is 19.4. The maximum Gasteiger partial charge on any atom is 0.229 e. The molecule has 182 valence electrons. The Balaban J connectivity index is 1.16. The van der Waals surface area contributed by atoms with Gasteiger partial charge in [-0.25, -0.2) is 4.98 Å². The van der Waals surface area contributed by atoms with Crippen LogP contribution in [-0.2, 0) is 14.3 Å². The highest BCUT2D eigenvalue weighted by Crippen LogP contribution is 2.58. The third-order valence-corrected chi connectivity index (χ3v) is 8.71. The van der Waals surface area contributed by atoms with Crippen molar-refractivity contribution in [2.75, 3.05) is 62.8 Å². The Kier molecular flexibility index (Phi) is 5.50. The van der Waals surface area contributed by atoms with Crippen molar-refractivity contribution in [2.45, 2.75) is 31.4 Å². The number of amides is 1. The Bertz CT molecular complexity index is 1120. The van der Waals surface area contributed by atoms with E-state index in [-0.39, 0.29) is 22.8 Å². The quantitative estimate of drug-likeness (QED) is 0.686. The van der Waals surface area contributed by atoms with Gasteiger partial charge in [-0.1, -0.05) is 11.6 Å². The molecule has 4 atom stereocenters. The lowest BCUT2D eigenvalue weighted by molar-refractivity contribution is -0.118. The van der Waals surface area contributed by atoms with E-state index >= 15 is 0 Å². The minimum atomic E-state index is -0.462. The first kappa shape index (κ1) is 22.5. The molecule has 0 radical (unpaired) electrons. The second kappa shape index (κ2) is 8.31. The second-order valence-electron chi connectivity index (χ2n) is 10.5. The summed E-state index contributed by atoms with van der Waals surface area (Å²) in [5, 5.41) is 16.0. The van der Waals surface area contributed by atoms with Crippen molar-refractivity contribution in [3.05, 3.63) is 29.4 Å². The van der Waals surface area contributed by atoms with Crippen LogP contribution in [0.15, 0.2) is 24.4 Å². The van der Waals surface area contributed by atoms with Gasteiger partial charge in [0.15, 0.2) is 0 Å². The summed E-state index contributed by atoms with van der Waals surface area (Å²) in [7, 11) is 0. The Morgan fingerprint density at radius 1 is 1.18 bits per heavy atom. The molecule has 1 aromatic heterocycles. The molecule has 1 saturated carbocycles. The minimum Gasteiger partial charge on any atom is -0.389 e. The van der Waals surface area contributed by atoms with Crippen LogP contribution in [0.3, 0.4) is 0 Å². The zero-order valence-corrected chi connectivity index (χ0v) is 20.2. The predicted octanol–water partition coefficient (Wildman–Crippen LogP) is 2.53. The molecule has 2 N–H and O–H groups in total. The molecule has 34 heavy (non-hydrogen) atoms. The summed E-state index contributed by atoms with van der Waals surface area (Å²) >= 11 is 6.67. The number of carbonyl (C=O) groups is 1. The largest absolute Gasteiger partial charge is 0.389 e. The number of fused-ring (bicyclic) bond motifs is 1. The predicted molar refractivity (Wildman–Crippen MR) is 130 cm³/mol. The van der Waals surface area contributed by atoms with Gasteiger partial charge < -0.3 is 24.8 Å². The fourth-order valence-corrected chi connectivity index (χ4v) is 6.16. The maximum atomic E-state index is 12.8. The molecule has 0 unspecified atom stereocenters. The van der Waals surface area contributed by atoms with Gasteiger partial charge in [-0.3, -0.25) is 9.69 Å². The number of aromatic nitrogens is 1. The van der Waals surface area contributed by atoms with Crippen molar-refractivity contribution in [3.8, 4) is 0 Å². The van der Waals surface area contributed by atoms with E-state index in [2.05, 4.69) is 33.1 Å². The fourth-order valence-electron chi connectivity index (χ4n) is 5.87. The van der Waals surface area contributed by atoms with Crippen LogP contribution in [0.2, 0.25) is 5.02 Å². The standard InChI is InChI=1S/C25H31ClN4O4/c1-24(14-34-13-21(24)31)30-5-3-29(4-6-30)20-9-16-10-22(27-12-17(16)8-19(20)26)28-23(32)18-11-25(18)2-7-33-15-25/h8-10,12,18,21,31H,2-7,11,13-15H2,1H3,(H,27,28,32)/t18-,21-,24+,25-/m0/s1. The van der Waals surface area contributed by atoms with E-state index in [9.17, 15) is 9.90 Å². The Morgan fingerprint density at radius 2 is 2.00 bits per heavy atom. The van der Waals surface area contributed by atoms with Crippen LogP contribution in [0.4, 0.5) is 11.5 Å². The number of aliphatic hydroxyl groups excluding tert-OH is 1. The van der Waals surface area contributed by atoms with E-state index in [0.29, 0.717) is 30.7 Å². The highest BCUT2D eigenvalue weighted by molar-refractivity contribution is 6.34. The average molecular weight is 487 g/mol. The zero-order chi connectivity index (χ0) is 23.5. The summed E-state index contributed by atoms with van der Waals surface area (Å²) in [5.41, 5.74) is 0.708. The molecule has 2 aromatic rings. The van der Waals surface area contributed by atoms with Crippen molar-refractivity contribution >= 4 is 39.8 Å². The van der Waals surface area contributed by atoms with Gasteiger partial charge in [-0.15, -0.1) is 0 Å². The molecule has 9 heteroatoms. The molecule has 6 rings (SSSR count). The van der Waals surface area contributed by atoms with Crippen LogP contribution in [-0.4, -0.2) is 85.1 Å². The molecular weight excluding hydrogens is 456 g/mol. The Labute approximate surface area is 204 Å². The van der Waals surface area contributed by atoms with Crippen LogP contribution >= 0.6 is 11.6 Å². The summed E-state index contributed by atoms with van der Waals surface area (Å²) in [5.74, 6) is 0.629. The maximum absolute atomic E-state index is 12.8. The normalized spacial score (nSPS) is 33.7. The number of hydrogen-bond acceptors (Lipinski definition) is 7. The van der Waals surface area contributed by atoms with Crippen LogP contribution in [0, 0.1) is 11.3 Å². The summed E-state index contributed by atoms with van der Waals surface area (Å²) in [6.07, 6.45) is 3.18. The van der Waals surface area contributed by atoms with Crippen LogP contribution in [0.5, 0.6) is 0 Å². The number of piperazine rings is 1. The molecular formula is C25H31ClN4O4. The molecule has 1 amide bonds. The van der Waals surface area contributed by atoms with Crippen LogP contribution < -0.4 is 10.2 Å². The topological polar surface area (TPSA) is 87.2 Å². The molecule has 1 aliphatic carbocycles. The van der Waals surface area contributed by atoms with Gasteiger partial charge in [-0.05, 0) is 43.4 Å². The molecule has 3 saturated heterocycles. The van der Waals surface area contributed by atoms with Crippen molar-refractivity contribution in [1.29, 1.82) is 0 Å². The highest BCUT2D eigenvalue weighted by atomic mass is 35.5. The minimum absolute atomic E-state index is 0.0233. The SMILES string of the molecule is C[C@@]1(N2CCN(c3cc4cc(NC(=O)[C@@H]5C[C@]56CCOC6)ncc4cc3Cl)CC2)COC[C@@H]1O. The third kappa shape index (κ3) is 3.76. The van der Waals surface area contributed by atoms with Crippen molar-refractivity contribution in [1.82, 2.24) is 9.88 Å². The lowest BCUT2D eigenvalue weighted by Crippen LogP contribution is -2.60. The monoisotopic (exact) mass is 486 g/mol. The summed E-state index contributed by atoms with van der Waals surface area (Å²) in [6.45, 7) is 7.76. The molecule has 1 spiro atoms. The van der Waals surface area contributed by atoms with Gasteiger partial charge in [0.2, 0.25) is 5.91 Å². The Hall–Kier alpha value is -1.97. The van der Waals surface area contributed by atoms with Gasteiger partial charge in [0.1, 0.15) is 5.82 Å². The van der Waals surface area contributed by atoms with E-state index < -0.39 is 6.10 Å². The van der Waals surface area contributed by atoms with Crippen LogP contribution in [0.1, 0.15) is 19.8 Å². The molecule has 3 aliphatic heterocycles. The average Bonchev–Trinajstić information content (AvgIpc) is 3.14. The first-order valence-electron chi connectivity index (χ1n) is 12.1. The van der Waals surface area contributed by atoms with E-state index in [0.717, 1.165) is 62.1 Å². The van der Waals surface area contributed by atoms with Gasteiger partial charge in [-0.2, -0.15) is 0 Å². The summed E-state index contributed by atoms with van der Waals surface area (Å²) in [4.78, 5) is 21.8. The number of benzene rings is 1. The number of hydrogen-bond donors (Lipinski definition) is 2. The van der Waals surface area contributed by atoms with Crippen molar-refractivity contribution in [3.63, 3.8) is 0 Å². The van der Waals surface area contributed by atoms with E-state index in [1.54, 1.807) is 6.20 Å². The second-order valence-corrected chi connectivity index (χ2v) is 10.9. The van der Waals surface area contributed by atoms with E-state index in [1.165, 1.54) is 0 Å². The number of ether oxygens (including phenoxy) is 2. The van der Waals surface area contributed by atoms with Crippen LogP contribution in [0.25, 0.3) is 10.8 Å². The smallest absolute Gasteiger partial charge is 0.229 e. The van der Waals surface area contributed by atoms with Crippen molar-refractivity contribution < 1.29 is 19.4 Å². The Morgan fingerprint density at radius 3 is 2.71 bits per heavy atom. The first-order valence-corrected chi connectivity index (χ1v) is 12.5. The molecule has 0 bridgehead atoms. The van der Waals surface area contributed by atoms with E-state index in [1.807, 2.05) is 12.1 Å². The first-order chi connectivity index (χ1) is 16.4. The van der Waals surface area contributed by atoms with Gasteiger partial charge in [0.05, 0.1) is 42.2 Å². The van der Waals surface area contributed by atoms with Gasteiger partial charge >= 0.3 is 0 Å². The molecule has 4 heterocycles. The fraction of sp³-hybridized carbons (Fsp3) is 0.600. The lowest BCUT2D eigenvalue weighted by Gasteiger charge is -2.45. The molecule has 1 aromatic carbocycles. The highest BCUT2D eigenvalue weighted by Gasteiger charge is 2.59. The summed E-state index contributed by atoms with van der Waals surface area (Å²) < 4.78 is 11.0. The molecule has 8 nitrogen and oxygen atoms in total. The van der Waals surface area contributed by atoms with Gasteiger partial charge in [0.25, 0.3) is 0 Å². The molecule has 4 aliphatic rings. The number of pyridine rings is 1. The third-order valence-electron chi connectivity index (χ3n) is 8.41. The number of rotatable bonds is 4. The number of anilines is 2. The van der Waals surface area contributed by atoms with Crippen molar-refractivity contribution in [2.24, 2.45) is 11.3 Å². The molecule has 4 fully saturated rings. The number of nitrogens with zero attached hydrogens (tertiary/aromatic N) is 3. The van der Waals surface area contributed by atoms with Gasteiger partial charge in [0, 0.05) is 55.7 Å². The number of carbonyl (C=O) groups excluding carboxylic acids is 1. The lowest BCUT2D eigenvalue weighted by atomic mass is 9.95.